The molecular weight excluding hydrogens is 935 g/mol. The molecule has 1 amide bonds. The van der Waals surface area contributed by atoms with E-state index >= 15 is 0 Å². The lowest BCUT2D eigenvalue weighted by Crippen LogP contribution is -2.33. The zero-order valence-corrected chi connectivity index (χ0v) is 43.8. The summed E-state index contributed by atoms with van der Waals surface area (Å²) in [6.45, 7) is 11.7. The highest BCUT2D eigenvalue weighted by molar-refractivity contribution is 5.97. The first-order chi connectivity index (χ1) is 35.5. The van der Waals surface area contributed by atoms with Gasteiger partial charge in [-0.15, -0.1) is 0 Å². The predicted molar refractivity (Wildman–Crippen MR) is 282 cm³/mol. The molecule has 12 nitrogen and oxygen atoms in total. The maximum Gasteiger partial charge on any atom is 0.340 e. The number of carbonyl (C=O) groups is 4. The van der Waals surface area contributed by atoms with Gasteiger partial charge in [-0.05, 0) is 144 Å². The Kier molecular flexibility index (Phi) is 16.0. The van der Waals surface area contributed by atoms with Crippen molar-refractivity contribution in [2.24, 2.45) is 10.8 Å². The molecule has 12 heteroatoms. The van der Waals surface area contributed by atoms with Crippen LogP contribution in [-0.2, 0) is 41.5 Å². The van der Waals surface area contributed by atoms with Gasteiger partial charge in [-0.25, -0.2) is 4.79 Å². The zero-order chi connectivity index (χ0) is 52.7. The lowest BCUT2D eigenvalue weighted by Gasteiger charge is -2.37. The van der Waals surface area contributed by atoms with E-state index in [0.717, 1.165) is 53.9 Å². The highest BCUT2D eigenvalue weighted by atomic mass is 16.6. The standard InChI is InChI=1S/C62H67NO11/c1-59(2,3)57(66)71-47-34-35-50-53(39-47)72-54-40-52(73-58(67)60(4,5)6)41(38-51(54)62(50)49-24-16-15-23-48(49)56(65)74-62)20-14-17-25-55(64)63-36-18-9-10-19-37-70-61(42-21-12-11-13-22-42,43-26-30-45(68-7)31-27-43)44-28-32-46(69-8)33-29-44/h11-13,15-16,21-24,26-35,38-40H,9-10,14,17-20,25,36-37H2,1-8H3,(H,63,64). The van der Waals surface area contributed by atoms with E-state index in [9.17, 15) is 19.2 Å². The number of rotatable bonds is 20. The first-order valence-corrected chi connectivity index (χ1v) is 25.5. The number of esters is 3. The molecule has 0 fully saturated rings. The van der Waals surface area contributed by atoms with E-state index in [2.05, 4.69) is 41.7 Å². The van der Waals surface area contributed by atoms with Crippen LogP contribution in [0.4, 0.5) is 0 Å². The number of carbonyl (C=O) groups excluding carboxylic acids is 4. The maximum absolute atomic E-state index is 13.7. The number of unbranched alkanes of at least 4 members (excludes halogenated alkanes) is 4. The van der Waals surface area contributed by atoms with Crippen LogP contribution in [0.5, 0.6) is 34.5 Å². The Balaban J connectivity index is 0.902. The third-order valence-corrected chi connectivity index (χ3v) is 13.5. The molecule has 0 saturated heterocycles. The van der Waals surface area contributed by atoms with Gasteiger partial charge in [0.05, 0.1) is 30.6 Å². The van der Waals surface area contributed by atoms with E-state index in [1.54, 1.807) is 92.2 Å². The molecule has 0 bridgehead atoms. The number of hydrogen-bond acceptors (Lipinski definition) is 11. The van der Waals surface area contributed by atoms with E-state index in [-0.39, 0.29) is 11.7 Å². The topological polar surface area (TPSA) is 145 Å². The molecule has 2 heterocycles. The smallest absolute Gasteiger partial charge is 0.340 e. The molecule has 6 aromatic rings. The number of fused-ring (bicyclic) bond motifs is 6. The molecule has 386 valence electrons. The van der Waals surface area contributed by atoms with Crippen molar-refractivity contribution in [2.75, 3.05) is 27.4 Å². The van der Waals surface area contributed by atoms with Crippen LogP contribution in [0, 0.1) is 10.8 Å². The van der Waals surface area contributed by atoms with Crippen molar-refractivity contribution in [3.63, 3.8) is 0 Å². The molecular formula is C62H67NO11. The average Bonchev–Trinajstić information content (AvgIpc) is 3.72. The Hall–Kier alpha value is -7.44. The fraction of sp³-hybridized carbons (Fsp3) is 0.355. The first kappa shape index (κ1) is 52.9. The van der Waals surface area contributed by atoms with Gasteiger partial charge in [0.15, 0.2) is 5.60 Å². The van der Waals surface area contributed by atoms with Crippen LogP contribution in [0.2, 0.25) is 0 Å². The van der Waals surface area contributed by atoms with Crippen LogP contribution in [0.25, 0.3) is 0 Å². The van der Waals surface area contributed by atoms with Crippen LogP contribution < -0.4 is 29.0 Å². The Labute approximate surface area is 434 Å². The summed E-state index contributed by atoms with van der Waals surface area (Å²) in [6, 6.07) is 42.1. The average molecular weight is 1000 g/mol. The van der Waals surface area contributed by atoms with Crippen LogP contribution in [0.3, 0.4) is 0 Å². The van der Waals surface area contributed by atoms with E-state index < -0.39 is 39.9 Å². The molecule has 74 heavy (non-hydrogen) atoms. The van der Waals surface area contributed by atoms with Gasteiger partial charge in [-0.1, -0.05) is 85.6 Å². The summed E-state index contributed by atoms with van der Waals surface area (Å²) < 4.78 is 42.8. The predicted octanol–water partition coefficient (Wildman–Crippen LogP) is 12.6. The van der Waals surface area contributed by atoms with Crippen molar-refractivity contribution in [2.45, 2.75) is 104 Å². The minimum absolute atomic E-state index is 0.0317. The van der Waals surface area contributed by atoms with Crippen LogP contribution in [0.15, 0.2) is 133 Å². The van der Waals surface area contributed by atoms with Crippen molar-refractivity contribution in [3.05, 3.63) is 178 Å². The summed E-state index contributed by atoms with van der Waals surface area (Å²) in [7, 11) is 3.32. The number of hydrogen-bond donors (Lipinski definition) is 1. The minimum Gasteiger partial charge on any atom is -0.497 e. The number of amides is 1. The number of nitrogens with one attached hydrogen (secondary N) is 1. The molecule has 1 spiro atoms. The van der Waals surface area contributed by atoms with E-state index in [1.165, 1.54) is 0 Å². The van der Waals surface area contributed by atoms with Gasteiger partial charge < -0.3 is 38.5 Å². The molecule has 1 atom stereocenters. The molecule has 1 N–H and O–H groups in total. The third kappa shape index (κ3) is 11.2. The van der Waals surface area contributed by atoms with Gasteiger partial charge in [0.25, 0.3) is 0 Å². The summed E-state index contributed by atoms with van der Waals surface area (Å²) in [5, 5.41) is 3.10. The second kappa shape index (κ2) is 22.4. The van der Waals surface area contributed by atoms with Gasteiger partial charge in [-0.2, -0.15) is 0 Å². The third-order valence-electron chi connectivity index (χ3n) is 13.5. The maximum atomic E-state index is 13.7. The molecule has 0 radical (unpaired) electrons. The van der Waals surface area contributed by atoms with Gasteiger partial charge in [0.1, 0.15) is 40.1 Å². The monoisotopic (exact) mass is 1000 g/mol. The molecule has 2 aliphatic rings. The van der Waals surface area contributed by atoms with E-state index in [4.69, 9.17) is 33.2 Å². The van der Waals surface area contributed by atoms with Crippen molar-refractivity contribution < 1.29 is 52.3 Å². The lowest BCUT2D eigenvalue weighted by molar-refractivity contribution is -0.143. The lowest BCUT2D eigenvalue weighted by atomic mass is 9.77. The minimum atomic E-state index is -1.42. The first-order valence-electron chi connectivity index (χ1n) is 25.5. The van der Waals surface area contributed by atoms with Gasteiger partial charge in [-0.3, -0.25) is 14.4 Å². The number of methoxy groups -OCH3 is 2. The second-order valence-corrected chi connectivity index (χ2v) is 20.9. The van der Waals surface area contributed by atoms with Crippen molar-refractivity contribution >= 4 is 23.8 Å². The largest absolute Gasteiger partial charge is 0.497 e. The van der Waals surface area contributed by atoms with Gasteiger partial charge >= 0.3 is 17.9 Å². The molecule has 8 rings (SSSR count). The Morgan fingerprint density at radius 2 is 1.15 bits per heavy atom. The van der Waals surface area contributed by atoms with Gasteiger partial charge in [0, 0.05) is 48.4 Å². The fourth-order valence-electron chi connectivity index (χ4n) is 9.39. The summed E-state index contributed by atoms with van der Waals surface area (Å²) in [5.41, 5.74) is 1.97. The molecule has 2 aliphatic heterocycles. The van der Waals surface area contributed by atoms with Gasteiger partial charge in [0.2, 0.25) is 5.91 Å². The quantitative estimate of drug-likeness (QED) is 0.0338. The Morgan fingerprint density at radius 1 is 0.568 bits per heavy atom. The second-order valence-electron chi connectivity index (χ2n) is 20.9. The Bertz CT molecular complexity index is 2920. The number of benzene rings is 6. The highest BCUT2D eigenvalue weighted by Gasteiger charge is 2.54. The normalized spacial score (nSPS) is 14.7. The Morgan fingerprint density at radius 3 is 1.80 bits per heavy atom. The molecule has 0 aromatic heterocycles. The molecule has 0 aliphatic carbocycles. The summed E-state index contributed by atoms with van der Waals surface area (Å²) in [4.78, 5) is 53.2. The molecule has 6 aromatic carbocycles. The zero-order valence-electron chi connectivity index (χ0n) is 43.8. The van der Waals surface area contributed by atoms with Crippen molar-refractivity contribution in [3.8, 4) is 34.5 Å². The molecule has 0 saturated carbocycles. The summed E-state index contributed by atoms with van der Waals surface area (Å²) in [6.07, 6.45) is 5.46. The number of aryl methyl sites for hydroxylation is 1. The summed E-state index contributed by atoms with van der Waals surface area (Å²) in [5.74, 6) is 1.34. The van der Waals surface area contributed by atoms with Crippen LogP contribution in [0.1, 0.15) is 136 Å². The van der Waals surface area contributed by atoms with Crippen molar-refractivity contribution in [1.29, 1.82) is 0 Å². The van der Waals surface area contributed by atoms with Crippen molar-refractivity contribution in [1.82, 2.24) is 5.32 Å². The number of ether oxygens (including phenoxy) is 7. The van der Waals surface area contributed by atoms with Crippen LogP contribution >= 0.6 is 0 Å². The van der Waals surface area contributed by atoms with E-state index in [0.29, 0.717) is 83.9 Å². The summed E-state index contributed by atoms with van der Waals surface area (Å²) >= 11 is 0. The molecule has 1 unspecified atom stereocenters. The fourth-order valence-corrected chi connectivity index (χ4v) is 9.39. The highest BCUT2D eigenvalue weighted by Crippen LogP contribution is 2.58. The van der Waals surface area contributed by atoms with E-state index in [1.807, 2.05) is 60.7 Å². The SMILES string of the molecule is COc1ccc(C(OCCCCCCNC(=O)CCCCc2cc3c(cc2OC(=O)C(C)(C)C)Oc2cc(OC(=O)C(C)(C)C)ccc2C32OC(=O)c3ccccc32)(c2ccccc2)c2ccc(OC)cc2)cc1. The van der Waals surface area contributed by atoms with Crippen LogP contribution in [-0.4, -0.2) is 51.2 Å².